The number of amides is 1. The normalized spacial score (nSPS) is 11.2. The number of halogens is 1. The van der Waals surface area contributed by atoms with Crippen LogP contribution in [0, 0.1) is 0 Å². The lowest BCUT2D eigenvalue weighted by atomic mass is 10.1. The molecule has 0 aliphatic rings. The van der Waals surface area contributed by atoms with Crippen LogP contribution in [0.4, 0.5) is 5.69 Å². The number of hydrogen-bond donors (Lipinski definition) is 1. The highest BCUT2D eigenvalue weighted by Crippen LogP contribution is 2.24. The van der Waals surface area contributed by atoms with Gasteiger partial charge in [-0.05, 0) is 55.8 Å². The summed E-state index contributed by atoms with van der Waals surface area (Å²) in [6.45, 7) is 3.97. The van der Waals surface area contributed by atoms with Gasteiger partial charge in [0.15, 0.2) is 10.9 Å². The van der Waals surface area contributed by atoms with Crippen LogP contribution in [0.15, 0.2) is 52.4 Å². The van der Waals surface area contributed by atoms with Crippen LogP contribution in [0.2, 0.25) is 5.02 Å². The molecule has 4 rings (SSSR count). The number of nitrogens with one attached hydrogen (secondary N) is 1. The number of fused-ring (bicyclic) bond motifs is 3. The fourth-order valence-electron chi connectivity index (χ4n) is 3.39. The van der Waals surface area contributed by atoms with Gasteiger partial charge in [0.05, 0.1) is 16.7 Å². The SMILES string of the molecule is CCCn1c(=O)c2ccc(Cl)cc2n2c(SCC(=O)Nc3ccc(C(C)=O)cc3)nnc12. The zero-order valence-corrected chi connectivity index (χ0v) is 19.0. The molecule has 2 aromatic carbocycles. The van der Waals surface area contributed by atoms with E-state index in [4.69, 9.17) is 11.6 Å². The van der Waals surface area contributed by atoms with Gasteiger partial charge in [-0.1, -0.05) is 30.3 Å². The third-order valence-electron chi connectivity index (χ3n) is 4.89. The van der Waals surface area contributed by atoms with E-state index in [1.54, 1.807) is 51.4 Å². The molecule has 0 bridgehead atoms. The van der Waals surface area contributed by atoms with Crippen molar-refractivity contribution in [2.75, 3.05) is 11.1 Å². The monoisotopic (exact) mass is 469 g/mol. The number of carbonyl (C=O) groups excluding carboxylic acids is 2. The minimum Gasteiger partial charge on any atom is -0.325 e. The van der Waals surface area contributed by atoms with Crippen molar-refractivity contribution in [1.82, 2.24) is 19.2 Å². The van der Waals surface area contributed by atoms with Gasteiger partial charge in [-0.2, -0.15) is 0 Å². The van der Waals surface area contributed by atoms with Crippen molar-refractivity contribution in [3.63, 3.8) is 0 Å². The molecule has 0 atom stereocenters. The van der Waals surface area contributed by atoms with Gasteiger partial charge in [0.2, 0.25) is 11.7 Å². The van der Waals surface area contributed by atoms with Gasteiger partial charge >= 0.3 is 0 Å². The van der Waals surface area contributed by atoms with Crippen molar-refractivity contribution in [2.45, 2.75) is 32.0 Å². The van der Waals surface area contributed by atoms with Crippen LogP contribution < -0.4 is 10.9 Å². The summed E-state index contributed by atoms with van der Waals surface area (Å²) in [5, 5.41) is 12.7. The highest BCUT2D eigenvalue weighted by molar-refractivity contribution is 7.99. The molecule has 0 unspecified atom stereocenters. The van der Waals surface area contributed by atoms with Gasteiger partial charge in [-0.3, -0.25) is 23.4 Å². The van der Waals surface area contributed by atoms with E-state index < -0.39 is 0 Å². The lowest BCUT2D eigenvalue weighted by Crippen LogP contribution is -2.23. The summed E-state index contributed by atoms with van der Waals surface area (Å²) in [7, 11) is 0. The number of thioether (sulfide) groups is 1. The Hall–Kier alpha value is -3.17. The molecule has 0 radical (unpaired) electrons. The second-order valence-corrected chi connectivity index (χ2v) is 8.59. The lowest BCUT2D eigenvalue weighted by Gasteiger charge is -2.11. The number of anilines is 1. The molecule has 0 spiro atoms. The first-order chi connectivity index (χ1) is 15.4. The molecule has 2 aromatic heterocycles. The van der Waals surface area contributed by atoms with E-state index in [9.17, 15) is 14.4 Å². The average molecular weight is 470 g/mol. The Bertz CT molecular complexity index is 1390. The van der Waals surface area contributed by atoms with Crippen molar-refractivity contribution in [1.29, 1.82) is 0 Å². The molecule has 32 heavy (non-hydrogen) atoms. The van der Waals surface area contributed by atoms with E-state index in [2.05, 4.69) is 15.5 Å². The molecule has 0 aliphatic heterocycles. The molecule has 10 heteroatoms. The molecule has 4 aromatic rings. The van der Waals surface area contributed by atoms with Crippen molar-refractivity contribution >= 4 is 57.4 Å². The minimum absolute atomic E-state index is 0.0361. The second kappa shape index (κ2) is 9.13. The zero-order chi connectivity index (χ0) is 22.8. The van der Waals surface area contributed by atoms with Crippen LogP contribution in [0.5, 0.6) is 0 Å². The number of Topliss-reactive ketones (excluding diaryl/α,β-unsaturated/α-hetero) is 1. The zero-order valence-electron chi connectivity index (χ0n) is 17.5. The molecule has 0 saturated carbocycles. The van der Waals surface area contributed by atoms with Crippen molar-refractivity contribution in [2.24, 2.45) is 0 Å². The van der Waals surface area contributed by atoms with Crippen LogP contribution >= 0.6 is 23.4 Å². The maximum absolute atomic E-state index is 12.9. The summed E-state index contributed by atoms with van der Waals surface area (Å²) in [6, 6.07) is 11.8. The van der Waals surface area contributed by atoms with Gasteiger partial charge in [0.1, 0.15) is 0 Å². The highest BCUT2D eigenvalue weighted by atomic mass is 35.5. The number of carbonyl (C=O) groups is 2. The fraction of sp³-hybridized carbons (Fsp3) is 0.227. The summed E-state index contributed by atoms with van der Waals surface area (Å²) in [6.07, 6.45) is 0.759. The third-order valence-corrected chi connectivity index (χ3v) is 6.05. The van der Waals surface area contributed by atoms with Gasteiger partial charge in [0, 0.05) is 22.8 Å². The van der Waals surface area contributed by atoms with Crippen molar-refractivity contribution < 1.29 is 9.59 Å². The van der Waals surface area contributed by atoms with E-state index >= 15 is 0 Å². The molecule has 1 amide bonds. The first kappa shape index (κ1) is 22.0. The summed E-state index contributed by atoms with van der Waals surface area (Å²) in [4.78, 5) is 36.8. The molecule has 0 saturated heterocycles. The average Bonchev–Trinajstić information content (AvgIpc) is 3.19. The first-order valence-electron chi connectivity index (χ1n) is 10.00. The van der Waals surface area contributed by atoms with Crippen LogP contribution in [-0.4, -0.2) is 36.6 Å². The Kier molecular flexibility index (Phi) is 6.29. The predicted octanol–water partition coefficient (Wildman–Crippen LogP) is 4.04. The fourth-order valence-corrected chi connectivity index (χ4v) is 4.30. The Morgan fingerprint density at radius 1 is 1.12 bits per heavy atom. The summed E-state index contributed by atoms with van der Waals surface area (Å²) < 4.78 is 3.35. The summed E-state index contributed by atoms with van der Waals surface area (Å²) >= 11 is 7.40. The second-order valence-electron chi connectivity index (χ2n) is 7.21. The number of nitrogens with zero attached hydrogens (tertiary/aromatic N) is 4. The van der Waals surface area contributed by atoms with E-state index in [1.165, 1.54) is 18.7 Å². The van der Waals surface area contributed by atoms with Crippen LogP contribution in [0.1, 0.15) is 30.6 Å². The van der Waals surface area contributed by atoms with E-state index in [1.807, 2.05) is 6.92 Å². The molecule has 0 aliphatic carbocycles. The number of aryl methyl sites for hydroxylation is 1. The predicted molar refractivity (Wildman–Crippen MR) is 126 cm³/mol. The smallest absolute Gasteiger partial charge is 0.262 e. The standard InChI is InChI=1S/C22H20ClN5O3S/c1-3-10-27-20(31)17-9-6-15(23)11-18(17)28-21(27)25-26-22(28)32-12-19(30)24-16-7-4-14(5-8-16)13(2)29/h4-9,11H,3,10,12H2,1-2H3,(H,24,30). The van der Waals surface area contributed by atoms with Crippen molar-refractivity contribution in [3.8, 4) is 0 Å². The van der Waals surface area contributed by atoms with Crippen LogP contribution in [-0.2, 0) is 11.3 Å². The van der Waals surface area contributed by atoms with Crippen molar-refractivity contribution in [3.05, 3.63) is 63.4 Å². The number of hydrogen-bond acceptors (Lipinski definition) is 6. The van der Waals surface area contributed by atoms with Crippen LogP contribution in [0.3, 0.4) is 0 Å². The minimum atomic E-state index is -0.230. The largest absolute Gasteiger partial charge is 0.325 e. The van der Waals surface area contributed by atoms with E-state index in [-0.39, 0.29) is 23.0 Å². The Labute approximate surface area is 192 Å². The Balaban J connectivity index is 1.62. The van der Waals surface area contributed by atoms with Crippen LogP contribution in [0.25, 0.3) is 16.7 Å². The number of aromatic nitrogens is 4. The maximum Gasteiger partial charge on any atom is 0.262 e. The third kappa shape index (κ3) is 4.26. The topological polar surface area (TPSA) is 98.4 Å². The van der Waals surface area contributed by atoms with Gasteiger partial charge in [-0.15, -0.1) is 10.2 Å². The van der Waals surface area contributed by atoms with E-state index in [0.717, 1.165) is 6.42 Å². The highest BCUT2D eigenvalue weighted by Gasteiger charge is 2.18. The molecule has 0 fully saturated rings. The maximum atomic E-state index is 12.9. The molecular formula is C22H20ClN5O3S. The Morgan fingerprint density at radius 3 is 2.56 bits per heavy atom. The molecule has 1 N–H and O–H groups in total. The number of benzene rings is 2. The molecule has 8 nitrogen and oxygen atoms in total. The molecular weight excluding hydrogens is 450 g/mol. The first-order valence-corrected chi connectivity index (χ1v) is 11.4. The van der Waals surface area contributed by atoms with Gasteiger partial charge in [-0.25, -0.2) is 0 Å². The van der Waals surface area contributed by atoms with E-state index in [0.29, 0.717) is 44.7 Å². The summed E-state index contributed by atoms with van der Waals surface area (Å²) in [5.41, 5.74) is 1.62. The molecule has 2 heterocycles. The number of rotatable bonds is 7. The number of ketones is 1. The van der Waals surface area contributed by atoms with Gasteiger partial charge in [0.25, 0.3) is 5.56 Å². The Morgan fingerprint density at radius 2 is 1.88 bits per heavy atom. The summed E-state index contributed by atoms with van der Waals surface area (Å²) in [5.74, 6) is 0.233. The quantitative estimate of drug-likeness (QED) is 0.324. The lowest BCUT2D eigenvalue weighted by molar-refractivity contribution is -0.113. The van der Waals surface area contributed by atoms with Gasteiger partial charge < -0.3 is 5.32 Å². The molecule has 164 valence electrons.